The first-order chi connectivity index (χ1) is 24.2. The number of methoxy groups -OCH3 is 1. The third kappa shape index (κ3) is 6.61. The highest BCUT2D eigenvalue weighted by molar-refractivity contribution is 5.99. The molecule has 0 aromatic heterocycles. The molecular weight excluding hydrogens is 634 g/mol. The first-order valence-electron chi connectivity index (χ1n) is 17.9. The van der Waals surface area contributed by atoms with Gasteiger partial charge in [-0.15, -0.1) is 0 Å². The molecule has 2 heterocycles. The fourth-order valence-corrected chi connectivity index (χ4v) is 7.75. The van der Waals surface area contributed by atoms with E-state index in [1.165, 1.54) is 0 Å². The largest absolute Gasteiger partial charge is 0.497 e. The van der Waals surface area contributed by atoms with Crippen LogP contribution in [0.1, 0.15) is 77.3 Å². The van der Waals surface area contributed by atoms with E-state index in [9.17, 15) is 4.79 Å². The van der Waals surface area contributed by atoms with Gasteiger partial charge in [-0.1, -0.05) is 87.9 Å². The summed E-state index contributed by atoms with van der Waals surface area (Å²) in [4.78, 5) is 31.6. The molecule has 0 radical (unpaired) electrons. The van der Waals surface area contributed by atoms with Crippen molar-refractivity contribution in [2.45, 2.75) is 84.0 Å². The summed E-state index contributed by atoms with van der Waals surface area (Å²) in [5.41, 5.74) is -0.0668. The van der Waals surface area contributed by atoms with E-state index in [0.717, 1.165) is 18.4 Å². The molecule has 2 aliphatic heterocycles. The number of carbonyl (C=O) groups excluding carboxylic acids is 2. The fourth-order valence-electron chi connectivity index (χ4n) is 7.75. The Morgan fingerprint density at radius 3 is 2.14 bits per heavy atom. The van der Waals surface area contributed by atoms with Gasteiger partial charge in [-0.25, -0.2) is 9.59 Å². The summed E-state index contributed by atoms with van der Waals surface area (Å²) in [6.45, 7) is 10.8. The lowest BCUT2D eigenvalue weighted by molar-refractivity contribution is -0.375. The minimum atomic E-state index is -2.10. The van der Waals surface area contributed by atoms with Crippen molar-refractivity contribution in [2.24, 2.45) is 17.8 Å². The molecule has 3 aromatic rings. The third-order valence-corrected chi connectivity index (χ3v) is 10.2. The molecule has 0 bridgehead atoms. The van der Waals surface area contributed by atoms with Gasteiger partial charge in [0.25, 0.3) is 0 Å². The molecular formula is C41H49NO8. The molecule has 3 aliphatic rings. The maximum atomic E-state index is 15.2. The molecule has 5 atom stereocenters. The number of carbonyl (C=O) groups is 2. The second kappa shape index (κ2) is 14.9. The highest BCUT2D eigenvalue weighted by Crippen LogP contribution is 2.53. The lowest BCUT2D eigenvalue weighted by Gasteiger charge is -2.51. The highest BCUT2D eigenvalue weighted by Gasteiger charge is 2.62. The zero-order valence-corrected chi connectivity index (χ0v) is 29.9. The van der Waals surface area contributed by atoms with Gasteiger partial charge in [-0.3, -0.25) is 4.90 Å². The Labute approximate surface area is 295 Å². The van der Waals surface area contributed by atoms with E-state index in [-0.39, 0.29) is 43.1 Å². The Kier molecular flexibility index (Phi) is 10.6. The lowest BCUT2D eigenvalue weighted by Crippen LogP contribution is -2.62. The van der Waals surface area contributed by atoms with Crippen LogP contribution in [0.3, 0.4) is 0 Å². The second-order valence-electron chi connectivity index (χ2n) is 13.7. The SMILES string of the molecule is CCOC1(OCC)C[C@H](c2ccccc2)C2=C(O1)N(c1ccc(OC)cc1)[C@@](C(=O)O[C@@H]1C[C@H](C)CC[C@H]1C(C)C)(c1ccccc1)OC2=O. The minimum absolute atomic E-state index is 0.103. The van der Waals surface area contributed by atoms with Crippen molar-refractivity contribution in [1.29, 1.82) is 0 Å². The average molecular weight is 684 g/mol. The van der Waals surface area contributed by atoms with Gasteiger partial charge < -0.3 is 28.4 Å². The van der Waals surface area contributed by atoms with Gasteiger partial charge >= 0.3 is 23.6 Å². The Bertz CT molecular complexity index is 1650. The van der Waals surface area contributed by atoms with Gasteiger partial charge in [0.1, 0.15) is 17.4 Å². The van der Waals surface area contributed by atoms with Crippen molar-refractivity contribution in [3.8, 4) is 5.75 Å². The Morgan fingerprint density at radius 1 is 0.900 bits per heavy atom. The first-order valence-corrected chi connectivity index (χ1v) is 17.9. The number of anilines is 1. The molecule has 0 amide bonds. The lowest BCUT2D eigenvalue weighted by atomic mass is 9.75. The topological polar surface area (TPSA) is 92.8 Å². The number of nitrogens with zero attached hydrogens (tertiary/aromatic N) is 1. The van der Waals surface area contributed by atoms with Crippen LogP contribution in [0.15, 0.2) is 96.4 Å². The van der Waals surface area contributed by atoms with Gasteiger partial charge in [-0.05, 0) is 74.3 Å². The Balaban J connectivity index is 1.62. The zero-order chi connectivity index (χ0) is 35.5. The number of ether oxygens (including phenoxy) is 6. The van der Waals surface area contributed by atoms with E-state index >= 15 is 4.79 Å². The molecule has 266 valence electrons. The van der Waals surface area contributed by atoms with E-state index in [4.69, 9.17) is 28.4 Å². The van der Waals surface area contributed by atoms with Crippen molar-refractivity contribution in [2.75, 3.05) is 25.2 Å². The molecule has 0 spiro atoms. The third-order valence-electron chi connectivity index (χ3n) is 10.2. The maximum Gasteiger partial charge on any atom is 0.378 e. The van der Waals surface area contributed by atoms with Crippen molar-refractivity contribution in [1.82, 2.24) is 0 Å². The first kappa shape index (κ1) is 35.5. The second-order valence-corrected chi connectivity index (χ2v) is 13.7. The van der Waals surface area contributed by atoms with Crippen LogP contribution in [-0.2, 0) is 39.0 Å². The molecule has 9 heteroatoms. The molecule has 50 heavy (non-hydrogen) atoms. The summed E-state index contributed by atoms with van der Waals surface area (Å²) >= 11 is 0. The van der Waals surface area contributed by atoms with E-state index in [1.807, 2.05) is 74.5 Å². The highest BCUT2D eigenvalue weighted by atomic mass is 16.9. The molecule has 9 nitrogen and oxygen atoms in total. The number of esters is 2. The van der Waals surface area contributed by atoms with Crippen molar-refractivity contribution in [3.05, 3.63) is 108 Å². The molecule has 1 fully saturated rings. The van der Waals surface area contributed by atoms with E-state index in [0.29, 0.717) is 35.3 Å². The average Bonchev–Trinajstić information content (AvgIpc) is 3.12. The maximum absolute atomic E-state index is 15.2. The van der Waals surface area contributed by atoms with Gasteiger partial charge in [0.2, 0.25) is 5.88 Å². The summed E-state index contributed by atoms with van der Waals surface area (Å²) in [5.74, 6) is -1.96. The monoisotopic (exact) mass is 683 g/mol. The zero-order valence-electron chi connectivity index (χ0n) is 29.9. The van der Waals surface area contributed by atoms with Gasteiger partial charge in [0.05, 0.1) is 26.7 Å². The van der Waals surface area contributed by atoms with Gasteiger partial charge in [0.15, 0.2) is 0 Å². The quantitative estimate of drug-likeness (QED) is 0.147. The summed E-state index contributed by atoms with van der Waals surface area (Å²) in [6.07, 6.45) is 2.54. The van der Waals surface area contributed by atoms with Crippen LogP contribution in [0.4, 0.5) is 5.69 Å². The van der Waals surface area contributed by atoms with Crippen LogP contribution < -0.4 is 9.64 Å². The van der Waals surface area contributed by atoms with Crippen molar-refractivity contribution >= 4 is 17.6 Å². The predicted molar refractivity (Wildman–Crippen MR) is 189 cm³/mol. The van der Waals surface area contributed by atoms with Gasteiger partial charge in [-0.2, -0.15) is 0 Å². The molecule has 1 saturated carbocycles. The fraction of sp³-hybridized carbons (Fsp3) is 0.463. The smallest absolute Gasteiger partial charge is 0.378 e. The van der Waals surface area contributed by atoms with Crippen LogP contribution in [-0.4, -0.2) is 44.3 Å². The predicted octanol–water partition coefficient (Wildman–Crippen LogP) is 8.06. The van der Waals surface area contributed by atoms with Crippen LogP contribution in [0.25, 0.3) is 0 Å². The summed E-state index contributed by atoms with van der Waals surface area (Å²) in [5, 5.41) is 0. The van der Waals surface area contributed by atoms with Crippen LogP contribution in [0.5, 0.6) is 5.75 Å². The normalized spacial score (nSPS) is 26.1. The number of benzene rings is 3. The molecule has 0 N–H and O–H groups in total. The molecule has 3 aromatic carbocycles. The van der Waals surface area contributed by atoms with Crippen molar-refractivity contribution < 1.29 is 38.0 Å². The number of rotatable bonds is 11. The summed E-state index contributed by atoms with van der Waals surface area (Å²) < 4.78 is 38.1. The minimum Gasteiger partial charge on any atom is -0.497 e. The standard InChI is InChI=1S/C41H49NO8/c1-7-46-40(47-8-2)26-34(29-15-11-9-12-16-29)36-37(49-40)42(31-20-22-32(45-6)23-21-31)41(50-38(36)43,30-17-13-10-14-18-30)39(44)48-35-25-28(5)19-24-33(35)27(3)4/h9-18,20-23,27-28,33-35H,7-8,19,24-26H2,1-6H3/t28-,33+,34-,35-,41+/m1/s1. The summed E-state index contributed by atoms with van der Waals surface area (Å²) in [6, 6.07) is 25.9. The molecule has 0 unspecified atom stereocenters. The van der Waals surface area contributed by atoms with Gasteiger partial charge in [0, 0.05) is 17.2 Å². The molecule has 0 saturated heterocycles. The molecule has 1 aliphatic carbocycles. The van der Waals surface area contributed by atoms with Crippen molar-refractivity contribution in [3.63, 3.8) is 0 Å². The number of hydrogen-bond acceptors (Lipinski definition) is 9. The number of cyclic esters (lactones) is 1. The van der Waals surface area contributed by atoms with Crippen LogP contribution in [0.2, 0.25) is 0 Å². The molecule has 6 rings (SSSR count). The van der Waals surface area contributed by atoms with E-state index in [2.05, 4.69) is 20.8 Å². The van der Waals surface area contributed by atoms with Crippen LogP contribution >= 0.6 is 0 Å². The van der Waals surface area contributed by atoms with E-state index in [1.54, 1.807) is 36.3 Å². The Morgan fingerprint density at radius 2 is 1.54 bits per heavy atom. The van der Waals surface area contributed by atoms with Crippen LogP contribution in [0, 0.1) is 17.8 Å². The number of hydrogen-bond donors (Lipinski definition) is 0. The summed E-state index contributed by atoms with van der Waals surface area (Å²) in [7, 11) is 1.59. The van der Waals surface area contributed by atoms with E-state index < -0.39 is 29.6 Å². The Hall–Kier alpha value is -4.34.